The molecule has 0 bridgehead atoms. The molecule has 1 saturated heterocycles. The third kappa shape index (κ3) is 3.53. The second-order valence-electron chi connectivity index (χ2n) is 8.13. The highest BCUT2D eigenvalue weighted by atomic mass is 16.2. The average Bonchev–Trinajstić information content (AvgIpc) is 3.11. The molecule has 0 aliphatic carbocycles. The van der Waals surface area contributed by atoms with E-state index < -0.39 is 5.54 Å². The van der Waals surface area contributed by atoms with Crippen molar-refractivity contribution in [1.82, 2.24) is 10.2 Å². The van der Waals surface area contributed by atoms with Crippen LogP contribution < -0.4 is 11.1 Å². The topological polar surface area (TPSA) is 82.2 Å². The van der Waals surface area contributed by atoms with Crippen LogP contribution in [0, 0.1) is 5.41 Å². The smallest absolute Gasteiger partial charge is 0.264 e. The van der Waals surface area contributed by atoms with Gasteiger partial charge in [0.1, 0.15) is 0 Å². The number of amides is 1. The summed E-state index contributed by atoms with van der Waals surface area (Å²) in [5.74, 6) is -0.0909. The second kappa shape index (κ2) is 8.28. The summed E-state index contributed by atoms with van der Waals surface area (Å²) < 4.78 is 0. The second-order valence-corrected chi connectivity index (χ2v) is 8.13. The molecule has 0 spiro atoms. The van der Waals surface area contributed by atoms with Gasteiger partial charge in [0, 0.05) is 11.3 Å². The van der Waals surface area contributed by atoms with Gasteiger partial charge in [-0.25, -0.2) is 0 Å². The zero-order chi connectivity index (χ0) is 22.8. The standard InChI is InChI=1S/C28H24N4O/c29-25-17-8-7-16-24(25)21-11-9-10-20(18-21)19-32-26(33)28(31-27(32)30,22-12-3-1-4-13-22)23-14-5-2-6-15-23/h1-18H,19,29H2,(H2,30,31). The van der Waals surface area contributed by atoms with Gasteiger partial charge in [0.05, 0.1) is 6.54 Å². The van der Waals surface area contributed by atoms with Gasteiger partial charge in [0.25, 0.3) is 5.91 Å². The maximum atomic E-state index is 14.0. The molecule has 5 nitrogen and oxygen atoms in total. The van der Waals surface area contributed by atoms with E-state index in [4.69, 9.17) is 11.1 Å². The molecule has 1 aliphatic heterocycles. The molecule has 1 fully saturated rings. The molecule has 33 heavy (non-hydrogen) atoms. The third-order valence-electron chi connectivity index (χ3n) is 6.09. The first-order chi connectivity index (χ1) is 16.1. The van der Waals surface area contributed by atoms with Gasteiger partial charge in [-0.15, -0.1) is 0 Å². The van der Waals surface area contributed by atoms with E-state index in [9.17, 15) is 4.79 Å². The van der Waals surface area contributed by atoms with Gasteiger partial charge in [-0.2, -0.15) is 0 Å². The van der Waals surface area contributed by atoms with Crippen molar-refractivity contribution >= 4 is 17.6 Å². The van der Waals surface area contributed by atoms with Gasteiger partial charge in [0.15, 0.2) is 11.5 Å². The van der Waals surface area contributed by atoms with Crippen LogP contribution in [-0.2, 0) is 16.9 Å². The summed E-state index contributed by atoms with van der Waals surface area (Å²) in [5, 5.41) is 11.9. The number of anilines is 1. The summed E-state index contributed by atoms with van der Waals surface area (Å²) in [6.07, 6.45) is 0. The summed E-state index contributed by atoms with van der Waals surface area (Å²) in [6.45, 7) is 0.284. The van der Waals surface area contributed by atoms with Gasteiger partial charge in [-0.05, 0) is 34.4 Å². The molecule has 5 rings (SSSR count). The van der Waals surface area contributed by atoms with E-state index >= 15 is 0 Å². The van der Waals surface area contributed by atoms with Crippen molar-refractivity contribution in [3.05, 3.63) is 126 Å². The molecule has 0 radical (unpaired) electrons. The van der Waals surface area contributed by atoms with Crippen LogP contribution in [0.15, 0.2) is 109 Å². The van der Waals surface area contributed by atoms with Crippen LogP contribution in [0.4, 0.5) is 5.69 Å². The van der Waals surface area contributed by atoms with E-state index in [-0.39, 0.29) is 18.4 Å². The Morgan fingerprint density at radius 1 is 0.788 bits per heavy atom. The van der Waals surface area contributed by atoms with E-state index in [0.717, 1.165) is 27.8 Å². The van der Waals surface area contributed by atoms with Gasteiger partial charge < -0.3 is 11.1 Å². The molecule has 1 heterocycles. The number of nitrogens with one attached hydrogen (secondary N) is 2. The number of hydrogen-bond acceptors (Lipinski definition) is 3. The Hall–Kier alpha value is -4.38. The number of nitrogens with two attached hydrogens (primary N) is 1. The minimum absolute atomic E-state index is 0.0809. The molecular formula is C28H24N4O. The Kier molecular flexibility index (Phi) is 5.15. The average molecular weight is 433 g/mol. The summed E-state index contributed by atoms with van der Waals surface area (Å²) in [7, 11) is 0. The Bertz CT molecular complexity index is 1280. The van der Waals surface area contributed by atoms with E-state index in [0.29, 0.717) is 5.69 Å². The fourth-order valence-electron chi connectivity index (χ4n) is 4.47. The fourth-order valence-corrected chi connectivity index (χ4v) is 4.47. The summed E-state index contributed by atoms with van der Waals surface area (Å²) in [6, 6.07) is 34.9. The van der Waals surface area contributed by atoms with E-state index in [1.807, 2.05) is 109 Å². The van der Waals surface area contributed by atoms with Crippen LogP contribution in [0.5, 0.6) is 0 Å². The van der Waals surface area contributed by atoms with Gasteiger partial charge in [-0.3, -0.25) is 15.1 Å². The number of nitrogen functional groups attached to an aromatic ring is 1. The van der Waals surface area contributed by atoms with Gasteiger partial charge >= 0.3 is 0 Å². The molecule has 0 aromatic heterocycles. The van der Waals surface area contributed by atoms with E-state index in [2.05, 4.69) is 5.32 Å². The Morgan fingerprint density at radius 2 is 1.39 bits per heavy atom. The minimum atomic E-state index is -1.14. The lowest BCUT2D eigenvalue weighted by molar-refractivity contribution is -0.130. The quantitative estimate of drug-likeness (QED) is 0.398. The van der Waals surface area contributed by atoms with Crippen molar-refractivity contribution in [2.24, 2.45) is 0 Å². The molecule has 4 aromatic rings. The number of rotatable bonds is 5. The van der Waals surface area contributed by atoms with Crippen molar-refractivity contribution in [2.45, 2.75) is 12.1 Å². The number of carbonyl (C=O) groups is 1. The molecule has 1 amide bonds. The molecule has 0 saturated carbocycles. The van der Waals surface area contributed by atoms with Crippen molar-refractivity contribution < 1.29 is 4.79 Å². The lowest BCUT2D eigenvalue weighted by Crippen LogP contribution is -2.45. The molecule has 1 aliphatic rings. The van der Waals surface area contributed by atoms with Crippen LogP contribution in [0.2, 0.25) is 0 Å². The lowest BCUT2D eigenvalue weighted by atomic mass is 9.82. The third-order valence-corrected chi connectivity index (χ3v) is 6.09. The maximum Gasteiger partial charge on any atom is 0.264 e. The normalized spacial score (nSPS) is 14.8. The molecule has 0 atom stereocenters. The molecule has 0 unspecified atom stereocenters. The Labute approximate surface area is 193 Å². The highest BCUT2D eigenvalue weighted by molar-refractivity contribution is 6.10. The first kappa shape index (κ1) is 20.5. The van der Waals surface area contributed by atoms with Crippen molar-refractivity contribution in [3.63, 3.8) is 0 Å². The van der Waals surface area contributed by atoms with Crippen molar-refractivity contribution in [2.75, 3.05) is 5.73 Å². The lowest BCUT2D eigenvalue weighted by Gasteiger charge is -2.28. The van der Waals surface area contributed by atoms with E-state index in [1.54, 1.807) is 0 Å². The largest absolute Gasteiger partial charge is 0.398 e. The molecule has 5 heteroatoms. The van der Waals surface area contributed by atoms with E-state index in [1.165, 1.54) is 4.90 Å². The van der Waals surface area contributed by atoms with Crippen LogP contribution in [0.1, 0.15) is 16.7 Å². The first-order valence-electron chi connectivity index (χ1n) is 10.8. The summed E-state index contributed by atoms with van der Waals surface area (Å²) in [5.41, 5.74) is 10.2. The number of nitrogens with zero attached hydrogens (tertiary/aromatic N) is 1. The molecule has 4 aromatic carbocycles. The van der Waals surface area contributed by atoms with Gasteiger partial charge in [-0.1, -0.05) is 97.1 Å². The summed E-state index contributed by atoms with van der Waals surface area (Å²) >= 11 is 0. The highest BCUT2D eigenvalue weighted by Crippen LogP contribution is 2.36. The molecular weight excluding hydrogens is 408 g/mol. The zero-order valence-corrected chi connectivity index (χ0v) is 18.0. The molecule has 4 N–H and O–H groups in total. The number of para-hydroxylation sites is 1. The predicted molar refractivity (Wildman–Crippen MR) is 131 cm³/mol. The predicted octanol–water partition coefficient (Wildman–Crippen LogP) is 4.75. The van der Waals surface area contributed by atoms with Crippen LogP contribution in [-0.4, -0.2) is 16.8 Å². The first-order valence-corrected chi connectivity index (χ1v) is 10.8. The Balaban J connectivity index is 1.52. The van der Waals surface area contributed by atoms with Crippen molar-refractivity contribution in [3.8, 4) is 11.1 Å². The zero-order valence-electron chi connectivity index (χ0n) is 18.0. The van der Waals surface area contributed by atoms with Crippen LogP contribution in [0.25, 0.3) is 11.1 Å². The Morgan fingerprint density at radius 3 is 2.03 bits per heavy atom. The minimum Gasteiger partial charge on any atom is -0.398 e. The SMILES string of the molecule is N=C1NC(c2ccccc2)(c2ccccc2)C(=O)N1Cc1cccc(-c2ccccc2N)c1. The fraction of sp³-hybridized carbons (Fsp3) is 0.0714. The van der Waals surface area contributed by atoms with Crippen LogP contribution in [0.3, 0.4) is 0 Å². The monoisotopic (exact) mass is 432 g/mol. The maximum absolute atomic E-state index is 14.0. The van der Waals surface area contributed by atoms with Crippen molar-refractivity contribution in [1.29, 1.82) is 5.41 Å². The van der Waals surface area contributed by atoms with Crippen LogP contribution >= 0.6 is 0 Å². The number of carbonyl (C=O) groups excluding carboxylic acids is 1. The number of hydrogen-bond donors (Lipinski definition) is 3. The highest BCUT2D eigenvalue weighted by Gasteiger charge is 2.52. The number of guanidine groups is 1. The van der Waals surface area contributed by atoms with Gasteiger partial charge in [0.2, 0.25) is 0 Å². The molecule has 162 valence electrons. The summed E-state index contributed by atoms with van der Waals surface area (Å²) in [4.78, 5) is 15.5. The number of benzene rings is 4.